The van der Waals surface area contributed by atoms with Crippen molar-refractivity contribution in [2.24, 2.45) is 7.05 Å². The van der Waals surface area contributed by atoms with Crippen LogP contribution >= 0.6 is 0 Å². The number of benzene rings is 1. The van der Waals surface area contributed by atoms with E-state index in [0.29, 0.717) is 23.4 Å². The standard InChI is InChI=1S/C18H18N6O3S/c1-23-18-13(9-20-23)3-2-4-17(18)22-28(26,27)15-5-6-16(19-11-15)14-10-21-24(12-14)7-8-25/h2-6,9-12,22,25H,7-8H2,1H3. The number of aliphatic hydroxyl groups excluding tert-OH is 1. The topological polar surface area (TPSA) is 115 Å². The Labute approximate surface area is 161 Å². The fourth-order valence-electron chi connectivity index (χ4n) is 2.95. The Morgan fingerprint density at radius 3 is 2.71 bits per heavy atom. The van der Waals surface area contributed by atoms with Crippen LogP contribution in [0.25, 0.3) is 22.2 Å². The van der Waals surface area contributed by atoms with E-state index in [4.69, 9.17) is 5.11 Å². The first-order valence-corrected chi connectivity index (χ1v) is 9.99. The van der Waals surface area contributed by atoms with E-state index >= 15 is 0 Å². The molecular weight excluding hydrogens is 380 g/mol. The number of nitrogens with one attached hydrogen (secondary N) is 1. The van der Waals surface area contributed by atoms with Gasteiger partial charge in [-0.2, -0.15) is 10.2 Å². The van der Waals surface area contributed by atoms with Gasteiger partial charge in [0.2, 0.25) is 0 Å². The molecule has 0 radical (unpaired) electrons. The van der Waals surface area contributed by atoms with Crippen LogP contribution in [0.1, 0.15) is 0 Å². The van der Waals surface area contributed by atoms with Gasteiger partial charge < -0.3 is 5.11 Å². The second-order valence-electron chi connectivity index (χ2n) is 6.21. The number of aromatic nitrogens is 5. The fraction of sp³-hybridized carbons (Fsp3) is 0.167. The zero-order valence-corrected chi connectivity index (χ0v) is 15.8. The van der Waals surface area contributed by atoms with Crippen molar-refractivity contribution >= 4 is 26.6 Å². The highest BCUT2D eigenvalue weighted by Crippen LogP contribution is 2.25. The number of aryl methyl sites for hydroxylation is 1. The number of fused-ring (bicyclic) bond motifs is 1. The highest BCUT2D eigenvalue weighted by molar-refractivity contribution is 7.92. The van der Waals surface area contributed by atoms with E-state index in [1.54, 1.807) is 53.2 Å². The molecular formula is C18H18N6O3S. The second-order valence-corrected chi connectivity index (χ2v) is 7.89. The van der Waals surface area contributed by atoms with Gasteiger partial charge in [-0.25, -0.2) is 8.42 Å². The summed E-state index contributed by atoms with van der Waals surface area (Å²) >= 11 is 0. The molecule has 9 nitrogen and oxygen atoms in total. The molecule has 0 bridgehead atoms. The maximum atomic E-state index is 12.8. The Morgan fingerprint density at radius 2 is 1.96 bits per heavy atom. The van der Waals surface area contributed by atoms with Crippen LogP contribution in [0.15, 0.2) is 60.0 Å². The number of pyridine rings is 1. The third-order valence-electron chi connectivity index (χ3n) is 4.31. The van der Waals surface area contributed by atoms with Crippen LogP contribution in [0.5, 0.6) is 0 Å². The molecule has 0 aliphatic carbocycles. The van der Waals surface area contributed by atoms with Gasteiger partial charge in [0.05, 0.1) is 42.4 Å². The van der Waals surface area contributed by atoms with Crippen molar-refractivity contribution in [2.45, 2.75) is 11.4 Å². The Hall–Kier alpha value is -3.24. The van der Waals surface area contributed by atoms with Gasteiger partial charge in [-0.05, 0) is 18.2 Å². The van der Waals surface area contributed by atoms with Gasteiger partial charge in [-0.15, -0.1) is 0 Å². The summed E-state index contributed by atoms with van der Waals surface area (Å²) in [5.74, 6) is 0. The van der Waals surface area contributed by atoms with Crippen LogP contribution < -0.4 is 4.72 Å². The first kappa shape index (κ1) is 18.1. The van der Waals surface area contributed by atoms with Crippen molar-refractivity contribution in [3.05, 3.63) is 55.1 Å². The molecule has 1 aromatic carbocycles. The van der Waals surface area contributed by atoms with Gasteiger partial charge in [-0.1, -0.05) is 12.1 Å². The largest absolute Gasteiger partial charge is 0.394 e. The number of hydrogen-bond donors (Lipinski definition) is 2. The lowest BCUT2D eigenvalue weighted by atomic mass is 10.2. The number of anilines is 1. The summed E-state index contributed by atoms with van der Waals surface area (Å²) in [4.78, 5) is 4.30. The molecule has 0 saturated heterocycles. The van der Waals surface area contributed by atoms with Crippen LogP contribution in [0, 0.1) is 0 Å². The van der Waals surface area contributed by atoms with Crippen LogP contribution in [0.4, 0.5) is 5.69 Å². The molecule has 10 heteroatoms. The summed E-state index contributed by atoms with van der Waals surface area (Å²) in [6, 6.07) is 8.45. The summed E-state index contributed by atoms with van der Waals surface area (Å²) in [5, 5.41) is 18.1. The SMILES string of the molecule is Cn1ncc2cccc(NS(=O)(=O)c3ccc(-c4cnn(CCO)c4)nc3)c21. The van der Waals surface area contributed by atoms with E-state index in [0.717, 1.165) is 10.9 Å². The number of hydrogen-bond acceptors (Lipinski definition) is 6. The summed E-state index contributed by atoms with van der Waals surface area (Å²) in [6.07, 6.45) is 6.35. The number of rotatable bonds is 6. The first-order valence-electron chi connectivity index (χ1n) is 8.51. The predicted octanol–water partition coefficient (Wildman–Crippen LogP) is 1.62. The second kappa shape index (κ2) is 7.06. The minimum atomic E-state index is -3.81. The Kier molecular flexibility index (Phi) is 4.57. The van der Waals surface area contributed by atoms with Crippen molar-refractivity contribution < 1.29 is 13.5 Å². The normalized spacial score (nSPS) is 11.8. The maximum absolute atomic E-state index is 12.8. The quantitative estimate of drug-likeness (QED) is 0.510. The average Bonchev–Trinajstić information content (AvgIpc) is 3.30. The lowest BCUT2D eigenvalue weighted by molar-refractivity contribution is 0.269. The summed E-state index contributed by atoms with van der Waals surface area (Å²) < 4.78 is 31.4. The summed E-state index contributed by atoms with van der Waals surface area (Å²) in [7, 11) is -2.05. The van der Waals surface area contributed by atoms with Gasteiger partial charge in [0.25, 0.3) is 10.0 Å². The summed E-state index contributed by atoms with van der Waals surface area (Å²) in [6.45, 7) is 0.372. The Bertz CT molecular complexity index is 1230. The molecule has 0 atom stereocenters. The predicted molar refractivity (Wildman–Crippen MR) is 104 cm³/mol. The third-order valence-corrected chi connectivity index (χ3v) is 5.66. The number of sulfonamides is 1. The highest BCUT2D eigenvalue weighted by atomic mass is 32.2. The van der Waals surface area contributed by atoms with Crippen molar-refractivity contribution in [2.75, 3.05) is 11.3 Å². The number of para-hydroxylation sites is 1. The van der Waals surface area contributed by atoms with E-state index in [-0.39, 0.29) is 11.5 Å². The van der Waals surface area contributed by atoms with Crippen LogP contribution in [-0.2, 0) is 23.6 Å². The monoisotopic (exact) mass is 398 g/mol. The van der Waals surface area contributed by atoms with Gasteiger partial charge >= 0.3 is 0 Å². The van der Waals surface area contributed by atoms with E-state index in [1.165, 1.54) is 12.3 Å². The van der Waals surface area contributed by atoms with Gasteiger partial charge in [0.1, 0.15) is 4.90 Å². The number of aliphatic hydroxyl groups is 1. The first-order chi connectivity index (χ1) is 13.5. The van der Waals surface area contributed by atoms with Crippen LogP contribution in [0.3, 0.4) is 0 Å². The fourth-order valence-corrected chi connectivity index (χ4v) is 3.96. The van der Waals surface area contributed by atoms with E-state index < -0.39 is 10.0 Å². The van der Waals surface area contributed by atoms with Crippen molar-refractivity contribution in [3.63, 3.8) is 0 Å². The lowest BCUT2D eigenvalue weighted by Gasteiger charge is -2.10. The highest BCUT2D eigenvalue weighted by Gasteiger charge is 2.18. The zero-order chi connectivity index (χ0) is 19.7. The van der Waals surface area contributed by atoms with Gasteiger partial charge in [-0.3, -0.25) is 19.1 Å². The molecule has 0 aliphatic rings. The Balaban J connectivity index is 1.61. The molecule has 2 N–H and O–H groups in total. The molecule has 0 fully saturated rings. The molecule has 0 amide bonds. The van der Waals surface area contributed by atoms with Crippen LogP contribution in [-0.4, -0.2) is 44.7 Å². The zero-order valence-electron chi connectivity index (χ0n) is 15.0. The number of nitrogens with zero attached hydrogens (tertiary/aromatic N) is 5. The molecule has 4 rings (SSSR count). The maximum Gasteiger partial charge on any atom is 0.263 e. The Morgan fingerprint density at radius 1 is 1.11 bits per heavy atom. The molecule has 0 saturated carbocycles. The smallest absolute Gasteiger partial charge is 0.263 e. The molecule has 3 aromatic heterocycles. The van der Waals surface area contributed by atoms with Gasteiger partial charge in [0.15, 0.2) is 0 Å². The minimum absolute atomic E-state index is 0.0131. The van der Waals surface area contributed by atoms with Crippen molar-refractivity contribution in [3.8, 4) is 11.3 Å². The molecule has 3 heterocycles. The van der Waals surface area contributed by atoms with Crippen LogP contribution in [0.2, 0.25) is 0 Å². The van der Waals surface area contributed by atoms with Gasteiger partial charge in [0, 0.05) is 30.4 Å². The lowest BCUT2D eigenvalue weighted by Crippen LogP contribution is -2.14. The molecule has 0 unspecified atom stereocenters. The van der Waals surface area contributed by atoms with E-state index in [2.05, 4.69) is 19.9 Å². The molecule has 144 valence electrons. The molecule has 0 spiro atoms. The minimum Gasteiger partial charge on any atom is -0.394 e. The third kappa shape index (κ3) is 3.35. The summed E-state index contributed by atoms with van der Waals surface area (Å²) in [5.41, 5.74) is 2.49. The van der Waals surface area contributed by atoms with Crippen molar-refractivity contribution in [1.82, 2.24) is 24.5 Å². The average molecular weight is 398 g/mol. The van der Waals surface area contributed by atoms with E-state index in [9.17, 15) is 8.42 Å². The molecule has 4 aromatic rings. The van der Waals surface area contributed by atoms with Crippen molar-refractivity contribution in [1.29, 1.82) is 0 Å². The molecule has 0 aliphatic heterocycles. The molecule has 28 heavy (non-hydrogen) atoms. The van der Waals surface area contributed by atoms with E-state index in [1.807, 2.05) is 6.07 Å².